The number of hydrogen-bond acceptors (Lipinski definition) is 6. The standard InChI is InChI=1S/C20H18F3N5OS2/c1-3-11-10(2)31-19(12(11)9-24)26-18(29)14-8-17-25-13(15-5-4-6-30-15)7-16(20(21,22)23)28(17)27-14/h4-6,8,13,16,25H,3,7H2,1-2H3,(H,26,29)/t13-,16+/m1/s1. The summed E-state index contributed by atoms with van der Waals surface area (Å²) < 4.78 is 42.1. The van der Waals surface area contributed by atoms with Crippen LogP contribution < -0.4 is 10.6 Å². The lowest BCUT2D eigenvalue weighted by Crippen LogP contribution is -2.35. The molecule has 0 aliphatic carbocycles. The monoisotopic (exact) mass is 465 g/mol. The van der Waals surface area contributed by atoms with Gasteiger partial charge in [0.15, 0.2) is 11.7 Å². The van der Waals surface area contributed by atoms with Crippen molar-refractivity contribution in [3.8, 4) is 6.07 Å². The molecule has 2 N–H and O–H groups in total. The molecule has 6 nitrogen and oxygen atoms in total. The van der Waals surface area contributed by atoms with E-state index in [4.69, 9.17) is 0 Å². The fourth-order valence-corrected chi connectivity index (χ4v) is 5.62. The van der Waals surface area contributed by atoms with Crippen LogP contribution in [0.15, 0.2) is 23.6 Å². The van der Waals surface area contributed by atoms with Crippen LogP contribution in [0.3, 0.4) is 0 Å². The van der Waals surface area contributed by atoms with Gasteiger partial charge in [-0.3, -0.25) is 4.79 Å². The van der Waals surface area contributed by atoms with Crippen LogP contribution in [0, 0.1) is 18.3 Å². The summed E-state index contributed by atoms with van der Waals surface area (Å²) in [6, 6.07) is 4.62. The molecule has 0 radical (unpaired) electrons. The maximum absolute atomic E-state index is 13.8. The molecule has 4 heterocycles. The Morgan fingerprint density at radius 3 is 2.87 bits per heavy atom. The molecule has 31 heavy (non-hydrogen) atoms. The summed E-state index contributed by atoms with van der Waals surface area (Å²) in [5.41, 5.74) is 1.09. The zero-order valence-electron chi connectivity index (χ0n) is 16.6. The van der Waals surface area contributed by atoms with Crippen molar-refractivity contribution in [1.29, 1.82) is 5.26 Å². The van der Waals surface area contributed by atoms with Crippen LogP contribution in [0.25, 0.3) is 0 Å². The number of aryl methyl sites for hydroxylation is 1. The summed E-state index contributed by atoms with van der Waals surface area (Å²) in [5.74, 6) is -0.521. The number of amides is 1. The van der Waals surface area contributed by atoms with Crippen molar-refractivity contribution >= 4 is 39.4 Å². The summed E-state index contributed by atoms with van der Waals surface area (Å²) in [6.45, 7) is 3.77. The second-order valence-corrected chi connectivity index (χ2v) is 9.33. The van der Waals surface area contributed by atoms with E-state index in [1.165, 1.54) is 28.7 Å². The number of halogens is 3. The van der Waals surface area contributed by atoms with Gasteiger partial charge >= 0.3 is 6.18 Å². The average molecular weight is 466 g/mol. The fraction of sp³-hybridized carbons (Fsp3) is 0.350. The molecule has 11 heteroatoms. The number of nitrogens with zero attached hydrogens (tertiary/aromatic N) is 3. The summed E-state index contributed by atoms with van der Waals surface area (Å²) in [6.07, 6.45) is -4.09. The van der Waals surface area contributed by atoms with Crippen molar-refractivity contribution in [1.82, 2.24) is 9.78 Å². The van der Waals surface area contributed by atoms with Crippen LogP contribution in [-0.4, -0.2) is 21.9 Å². The van der Waals surface area contributed by atoms with Gasteiger partial charge in [-0.25, -0.2) is 4.68 Å². The minimum absolute atomic E-state index is 0.134. The fourth-order valence-electron chi connectivity index (χ4n) is 3.74. The average Bonchev–Trinajstić information content (AvgIpc) is 3.44. The van der Waals surface area contributed by atoms with Gasteiger partial charge in [0.25, 0.3) is 5.91 Å². The predicted molar refractivity (Wildman–Crippen MR) is 114 cm³/mol. The third-order valence-electron chi connectivity index (χ3n) is 5.21. The Balaban J connectivity index is 1.65. The van der Waals surface area contributed by atoms with Crippen molar-refractivity contribution in [2.75, 3.05) is 10.6 Å². The van der Waals surface area contributed by atoms with Crippen molar-refractivity contribution in [2.24, 2.45) is 0 Å². The Labute approximate surface area is 184 Å². The Morgan fingerprint density at radius 2 is 2.26 bits per heavy atom. The van der Waals surface area contributed by atoms with Gasteiger partial charge in [0.1, 0.15) is 16.9 Å². The van der Waals surface area contributed by atoms with Crippen LogP contribution in [0.5, 0.6) is 0 Å². The summed E-state index contributed by atoms with van der Waals surface area (Å²) >= 11 is 2.64. The highest BCUT2D eigenvalue weighted by Crippen LogP contribution is 2.44. The number of nitrogens with one attached hydrogen (secondary N) is 2. The van der Waals surface area contributed by atoms with Gasteiger partial charge in [-0.05, 0) is 30.4 Å². The van der Waals surface area contributed by atoms with E-state index < -0.39 is 24.2 Å². The lowest BCUT2D eigenvalue weighted by atomic mass is 10.0. The second kappa shape index (κ2) is 8.01. The lowest BCUT2D eigenvalue weighted by molar-refractivity contribution is -0.173. The maximum atomic E-state index is 13.8. The molecule has 0 bridgehead atoms. The molecule has 1 aliphatic heterocycles. The first-order chi connectivity index (χ1) is 14.7. The number of alkyl halides is 3. The topological polar surface area (TPSA) is 82.7 Å². The number of thiophene rings is 2. The van der Waals surface area contributed by atoms with E-state index in [2.05, 4.69) is 21.8 Å². The third kappa shape index (κ3) is 3.93. The largest absolute Gasteiger partial charge is 0.410 e. The summed E-state index contributed by atoms with van der Waals surface area (Å²) in [4.78, 5) is 14.5. The summed E-state index contributed by atoms with van der Waals surface area (Å²) in [5, 5.41) is 21.3. The first-order valence-electron chi connectivity index (χ1n) is 9.52. The molecular weight excluding hydrogens is 447 g/mol. The molecule has 0 saturated carbocycles. The van der Waals surface area contributed by atoms with E-state index in [-0.39, 0.29) is 17.9 Å². The number of fused-ring (bicyclic) bond motifs is 1. The minimum atomic E-state index is -4.51. The Kier molecular flexibility index (Phi) is 5.53. The SMILES string of the molecule is CCc1c(C)sc(NC(=O)c2cc3n(n2)[C@H](C(F)(F)F)C[C@H](c2cccs2)N3)c1C#N. The van der Waals surface area contributed by atoms with Crippen molar-refractivity contribution in [3.05, 3.63) is 50.2 Å². The third-order valence-corrected chi connectivity index (χ3v) is 7.26. The molecule has 0 fully saturated rings. The molecule has 1 aliphatic rings. The van der Waals surface area contributed by atoms with Gasteiger partial charge in [0.05, 0.1) is 11.6 Å². The number of aromatic nitrogens is 2. The molecule has 162 valence electrons. The van der Waals surface area contributed by atoms with Gasteiger partial charge in [-0.1, -0.05) is 13.0 Å². The smallest absolute Gasteiger partial charge is 0.363 e. The molecule has 0 spiro atoms. The number of anilines is 2. The number of hydrogen-bond donors (Lipinski definition) is 2. The van der Waals surface area contributed by atoms with E-state index >= 15 is 0 Å². The Bertz CT molecular complexity index is 1160. The summed E-state index contributed by atoms with van der Waals surface area (Å²) in [7, 11) is 0. The molecule has 1 amide bonds. The van der Waals surface area contributed by atoms with Gasteiger partial charge in [0.2, 0.25) is 0 Å². The van der Waals surface area contributed by atoms with Gasteiger partial charge in [-0.2, -0.15) is 23.5 Å². The van der Waals surface area contributed by atoms with E-state index in [0.717, 1.165) is 20.0 Å². The molecule has 0 saturated heterocycles. The van der Waals surface area contributed by atoms with Crippen LogP contribution in [0.2, 0.25) is 0 Å². The van der Waals surface area contributed by atoms with Crippen molar-refractivity contribution in [2.45, 2.75) is 44.9 Å². The van der Waals surface area contributed by atoms with Crippen molar-refractivity contribution < 1.29 is 18.0 Å². The Hall–Kier alpha value is -2.84. The van der Waals surface area contributed by atoms with Gasteiger partial charge < -0.3 is 10.6 Å². The molecule has 3 aromatic rings. The molecule has 0 aromatic carbocycles. The molecule has 0 unspecified atom stereocenters. The van der Waals surface area contributed by atoms with E-state index in [1.54, 1.807) is 12.1 Å². The normalized spacial score (nSPS) is 18.2. The minimum Gasteiger partial charge on any atom is -0.363 e. The maximum Gasteiger partial charge on any atom is 0.410 e. The molecular formula is C20H18F3N5OS2. The second-order valence-electron chi connectivity index (χ2n) is 7.13. The van der Waals surface area contributed by atoms with E-state index in [9.17, 15) is 23.2 Å². The lowest BCUT2D eigenvalue weighted by Gasteiger charge is -2.32. The molecule has 3 aromatic heterocycles. The number of rotatable bonds is 4. The Morgan fingerprint density at radius 1 is 1.48 bits per heavy atom. The highest BCUT2D eigenvalue weighted by atomic mass is 32.1. The zero-order valence-corrected chi connectivity index (χ0v) is 18.2. The van der Waals surface area contributed by atoms with Gasteiger partial charge in [0, 0.05) is 22.2 Å². The predicted octanol–water partition coefficient (Wildman–Crippen LogP) is 5.66. The zero-order chi connectivity index (χ0) is 22.3. The highest BCUT2D eigenvalue weighted by molar-refractivity contribution is 7.16. The van der Waals surface area contributed by atoms with E-state index in [1.807, 2.05) is 19.2 Å². The van der Waals surface area contributed by atoms with Crippen LogP contribution in [0.4, 0.5) is 24.0 Å². The first-order valence-corrected chi connectivity index (χ1v) is 11.2. The van der Waals surface area contributed by atoms with E-state index in [0.29, 0.717) is 17.0 Å². The van der Waals surface area contributed by atoms with Crippen LogP contribution in [-0.2, 0) is 6.42 Å². The molecule has 4 rings (SSSR count). The molecule has 2 atom stereocenters. The van der Waals surface area contributed by atoms with Gasteiger partial charge in [-0.15, -0.1) is 22.7 Å². The van der Waals surface area contributed by atoms with Crippen LogP contribution >= 0.6 is 22.7 Å². The number of carbonyl (C=O) groups is 1. The first kappa shape index (κ1) is 21.4. The quantitative estimate of drug-likeness (QED) is 0.521. The number of nitriles is 1. The highest BCUT2D eigenvalue weighted by Gasteiger charge is 2.47. The number of carbonyl (C=O) groups excluding carboxylic acids is 1. The van der Waals surface area contributed by atoms with Crippen LogP contribution in [0.1, 0.15) is 56.8 Å². The van der Waals surface area contributed by atoms with Crippen molar-refractivity contribution in [3.63, 3.8) is 0 Å².